The van der Waals surface area contributed by atoms with E-state index in [-0.39, 0.29) is 0 Å². The van der Waals surface area contributed by atoms with Crippen molar-refractivity contribution in [3.63, 3.8) is 0 Å². The number of ether oxygens (including phenoxy) is 3. The largest absolute Gasteiger partial charge is 0.444 e. The Kier molecular flexibility index (Phi) is 4.56. The Morgan fingerprint density at radius 1 is 1.62 bits per heavy atom. The van der Waals surface area contributed by atoms with E-state index in [1.54, 1.807) is 0 Å². The van der Waals surface area contributed by atoms with Gasteiger partial charge in [0.1, 0.15) is 11.7 Å². The molecule has 0 aliphatic carbocycles. The number of epoxide rings is 1. The molecule has 1 amide bonds. The van der Waals surface area contributed by atoms with Crippen LogP contribution in [-0.2, 0) is 14.2 Å². The molecule has 1 heterocycles. The number of carbonyl (C=O) groups is 1. The normalized spacial score (nSPS) is 21.6. The van der Waals surface area contributed by atoms with Crippen LogP contribution in [0.25, 0.3) is 0 Å². The van der Waals surface area contributed by atoms with Crippen molar-refractivity contribution in [3.8, 4) is 0 Å². The Hall–Kier alpha value is -0.810. The Bertz CT molecular complexity index is 238. The molecule has 0 bridgehead atoms. The minimum absolute atomic E-state index is 0.294. The number of rotatable bonds is 7. The zero-order valence-corrected chi connectivity index (χ0v) is 10.2. The molecule has 0 aromatic rings. The second kappa shape index (κ2) is 5.50. The molecule has 5 nitrogen and oxygen atoms in total. The first-order chi connectivity index (χ1) is 7.39. The van der Waals surface area contributed by atoms with E-state index in [1.807, 2.05) is 13.8 Å². The first kappa shape index (κ1) is 13.3. The summed E-state index contributed by atoms with van der Waals surface area (Å²) in [4.78, 5) is 10.7. The summed E-state index contributed by atoms with van der Waals surface area (Å²) in [6, 6.07) is 0. The molecule has 0 radical (unpaired) electrons. The molecule has 16 heavy (non-hydrogen) atoms. The summed E-state index contributed by atoms with van der Waals surface area (Å²) < 4.78 is 15.5. The number of primary amides is 1. The van der Waals surface area contributed by atoms with E-state index in [9.17, 15) is 4.79 Å². The summed E-state index contributed by atoms with van der Waals surface area (Å²) in [6.45, 7) is 7.86. The fraction of sp³-hybridized carbons (Fsp3) is 0.909. The standard InChI is InChI=1S/C11H21NO4/c1-8(5-14-6-9-7-15-9)4-11(2,3)16-10(12)13/h8-9H,4-7H2,1-3H3,(H2,12,13)/t8-,9-/m1/s1. The number of carbonyl (C=O) groups excluding carboxylic acids is 1. The lowest BCUT2D eigenvalue weighted by Gasteiger charge is -2.27. The summed E-state index contributed by atoms with van der Waals surface area (Å²) in [6.07, 6.45) is 0.285. The number of hydrogen-bond donors (Lipinski definition) is 1. The molecule has 94 valence electrons. The van der Waals surface area contributed by atoms with Crippen LogP contribution < -0.4 is 5.73 Å². The average Bonchev–Trinajstić information content (AvgIpc) is 2.83. The van der Waals surface area contributed by atoms with Crippen molar-refractivity contribution < 1.29 is 19.0 Å². The van der Waals surface area contributed by atoms with Crippen LogP contribution in [-0.4, -0.2) is 37.6 Å². The lowest BCUT2D eigenvalue weighted by molar-refractivity contribution is 0.00997. The van der Waals surface area contributed by atoms with Crippen molar-refractivity contribution in [1.82, 2.24) is 0 Å². The van der Waals surface area contributed by atoms with Gasteiger partial charge in [0.2, 0.25) is 0 Å². The second-order valence-electron chi connectivity index (χ2n) is 4.98. The highest BCUT2D eigenvalue weighted by atomic mass is 16.6. The lowest BCUT2D eigenvalue weighted by Crippen LogP contribution is -2.33. The third-order valence-corrected chi connectivity index (χ3v) is 2.33. The van der Waals surface area contributed by atoms with Gasteiger partial charge in [-0.1, -0.05) is 6.92 Å². The van der Waals surface area contributed by atoms with Gasteiger partial charge < -0.3 is 19.9 Å². The monoisotopic (exact) mass is 231 g/mol. The van der Waals surface area contributed by atoms with Crippen LogP contribution >= 0.6 is 0 Å². The summed E-state index contributed by atoms with van der Waals surface area (Å²) in [5.41, 5.74) is 4.46. The van der Waals surface area contributed by atoms with E-state index in [2.05, 4.69) is 6.92 Å². The number of amides is 1. The lowest BCUT2D eigenvalue weighted by atomic mass is 9.95. The van der Waals surface area contributed by atoms with E-state index in [0.717, 1.165) is 13.0 Å². The molecule has 5 heteroatoms. The molecule has 1 aliphatic heterocycles. The van der Waals surface area contributed by atoms with Gasteiger partial charge in [-0.05, 0) is 26.2 Å². The van der Waals surface area contributed by atoms with Gasteiger partial charge in [-0.2, -0.15) is 0 Å². The smallest absolute Gasteiger partial charge is 0.405 e. The molecule has 0 spiro atoms. The van der Waals surface area contributed by atoms with E-state index in [1.165, 1.54) is 0 Å². The molecule has 2 N–H and O–H groups in total. The van der Waals surface area contributed by atoms with Gasteiger partial charge in [0.15, 0.2) is 0 Å². The van der Waals surface area contributed by atoms with Crippen molar-refractivity contribution in [2.24, 2.45) is 11.7 Å². The molecule has 0 aromatic carbocycles. The van der Waals surface area contributed by atoms with Gasteiger partial charge in [0.05, 0.1) is 13.2 Å². The quantitative estimate of drug-likeness (QED) is 0.670. The molecule has 2 atom stereocenters. The minimum atomic E-state index is -0.732. The third-order valence-electron chi connectivity index (χ3n) is 2.33. The second-order valence-corrected chi connectivity index (χ2v) is 4.98. The van der Waals surface area contributed by atoms with Gasteiger partial charge in [-0.25, -0.2) is 4.79 Å². The van der Waals surface area contributed by atoms with Crippen molar-refractivity contribution in [1.29, 1.82) is 0 Å². The fourth-order valence-electron chi connectivity index (χ4n) is 1.78. The van der Waals surface area contributed by atoms with Crippen LogP contribution in [0.3, 0.4) is 0 Å². The Labute approximate surface area is 96.2 Å². The zero-order valence-electron chi connectivity index (χ0n) is 10.2. The molecule has 1 aliphatic rings. The maximum absolute atomic E-state index is 10.7. The highest BCUT2D eigenvalue weighted by molar-refractivity contribution is 5.65. The highest BCUT2D eigenvalue weighted by Gasteiger charge is 2.26. The minimum Gasteiger partial charge on any atom is -0.444 e. The fourth-order valence-corrected chi connectivity index (χ4v) is 1.78. The zero-order chi connectivity index (χ0) is 12.2. The maximum atomic E-state index is 10.7. The highest BCUT2D eigenvalue weighted by Crippen LogP contribution is 2.21. The molecule has 0 saturated carbocycles. The topological polar surface area (TPSA) is 74.1 Å². The van der Waals surface area contributed by atoms with Gasteiger partial charge in [-0.15, -0.1) is 0 Å². The summed E-state index contributed by atoms with van der Waals surface area (Å²) in [7, 11) is 0. The molecule has 1 saturated heterocycles. The molecule has 0 aromatic heterocycles. The van der Waals surface area contributed by atoms with Crippen molar-refractivity contribution in [2.75, 3.05) is 19.8 Å². The van der Waals surface area contributed by atoms with Crippen LogP contribution in [0.2, 0.25) is 0 Å². The molecule has 0 unspecified atom stereocenters. The summed E-state index contributed by atoms with van der Waals surface area (Å²) in [5.74, 6) is 0.313. The molecule has 1 fully saturated rings. The summed E-state index contributed by atoms with van der Waals surface area (Å²) >= 11 is 0. The van der Waals surface area contributed by atoms with E-state index in [0.29, 0.717) is 25.2 Å². The van der Waals surface area contributed by atoms with Crippen molar-refractivity contribution in [2.45, 2.75) is 38.9 Å². The molecule has 1 rings (SSSR count). The first-order valence-electron chi connectivity index (χ1n) is 5.57. The Morgan fingerprint density at radius 2 is 2.25 bits per heavy atom. The first-order valence-corrected chi connectivity index (χ1v) is 5.57. The van der Waals surface area contributed by atoms with Crippen molar-refractivity contribution in [3.05, 3.63) is 0 Å². The van der Waals surface area contributed by atoms with Crippen LogP contribution in [0.4, 0.5) is 4.79 Å². The number of hydrogen-bond acceptors (Lipinski definition) is 4. The van der Waals surface area contributed by atoms with Crippen LogP contribution in [0.1, 0.15) is 27.2 Å². The maximum Gasteiger partial charge on any atom is 0.405 e. The Balaban J connectivity index is 2.14. The van der Waals surface area contributed by atoms with Crippen molar-refractivity contribution >= 4 is 6.09 Å². The predicted molar refractivity (Wildman–Crippen MR) is 59.1 cm³/mol. The average molecular weight is 231 g/mol. The van der Waals surface area contributed by atoms with Gasteiger partial charge in [0, 0.05) is 6.61 Å². The summed E-state index contributed by atoms with van der Waals surface area (Å²) in [5, 5.41) is 0. The van der Waals surface area contributed by atoms with Crippen LogP contribution in [0.5, 0.6) is 0 Å². The van der Waals surface area contributed by atoms with Crippen LogP contribution in [0, 0.1) is 5.92 Å². The SMILES string of the molecule is C[C@@H](COC[C@@H]1CO1)CC(C)(C)OC(N)=O. The van der Waals surface area contributed by atoms with Crippen LogP contribution in [0.15, 0.2) is 0 Å². The molecular formula is C11H21NO4. The predicted octanol–water partition coefficient (Wildman–Crippen LogP) is 1.30. The Morgan fingerprint density at radius 3 is 2.75 bits per heavy atom. The van der Waals surface area contributed by atoms with Gasteiger partial charge >= 0.3 is 6.09 Å². The van der Waals surface area contributed by atoms with E-state index in [4.69, 9.17) is 19.9 Å². The van der Waals surface area contributed by atoms with E-state index < -0.39 is 11.7 Å². The third kappa shape index (κ3) is 5.92. The van der Waals surface area contributed by atoms with Gasteiger partial charge in [0.25, 0.3) is 0 Å². The van der Waals surface area contributed by atoms with E-state index >= 15 is 0 Å². The van der Waals surface area contributed by atoms with Gasteiger partial charge in [-0.3, -0.25) is 0 Å². The number of nitrogens with two attached hydrogens (primary N) is 1. The molecular weight excluding hydrogens is 210 g/mol.